The molecule has 1 radical (unpaired) electrons. The molecule has 0 aliphatic carbocycles. The largest absolute Gasteiger partial charge is 0.495 e. The number of ether oxygens (including phenoxy) is 1. The van der Waals surface area contributed by atoms with E-state index in [0.29, 0.717) is 12.4 Å². The Morgan fingerprint density at radius 1 is 1.71 bits per heavy atom. The fraction of sp³-hybridized carbons (Fsp3) is 0.167. The van der Waals surface area contributed by atoms with Crippen molar-refractivity contribution in [3.8, 4) is 0 Å². The maximum Gasteiger partial charge on any atom is 0.106 e. The summed E-state index contributed by atoms with van der Waals surface area (Å²) in [5.41, 5.74) is 0. The first kappa shape index (κ1) is 6.28. The van der Waals surface area contributed by atoms with Crippen LogP contribution in [0.1, 0.15) is 0 Å². The molecule has 0 saturated heterocycles. The average Bonchev–Trinajstić information content (AvgIpc) is 1.61. The first-order valence-corrected chi connectivity index (χ1v) is 2.02. The summed E-state index contributed by atoms with van der Waals surface area (Å²) in [4.78, 5) is 0. The van der Waals surface area contributed by atoms with E-state index in [1.807, 2.05) is 0 Å². The SMILES string of the molecule is [CH2]C(=C)OCC=C. The second-order valence-electron chi connectivity index (χ2n) is 1.14. The van der Waals surface area contributed by atoms with Crippen LogP contribution in [0.3, 0.4) is 0 Å². The van der Waals surface area contributed by atoms with E-state index >= 15 is 0 Å². The van der Waals surface area contributed by atoms with Gasteiger partial charge in [-0.3, -0.25) is 0 Å². The van der Waals surface area contributed by atoms with Gasteiger partial charge in [0.2, 0.25) is 0 Å². The molecule has 0 unspecified atom stereocenters. The minimum absolute atomic E-state index is 0.486. The molecule has 0 aromatic rings. The molecular formula is C6H9O. The van der Waals surface area contributed by atoms with Crippen molar-refractivity contribution >= 4 is 0 Å². The molecule has 0 fully saturated rings. The van der Waals surface area contributed by atoms with Crippen LogP contribution in [0, 0.1) is 6.92 Å². The zero-order chi connectivity index (χ0) is 5.70. The zero-order valence-electron chi connectivity index (χ0n) is 4.31. The summed E-state index contributed by atoms with van der Waals surface area (Å²) in [6.45, 7) is 10.8. The monoisotopic (exact) mass is 97.1 g/mol. The number of allylic oxidation sites excluding steroid dienone is 1. The predicted octanol–water partition coefficient (Wildman–Crippen LogP) is 1.54. The summed E-state index contributed by atoms with van der Waals surface area (Å²) in [6, 6.07) is 0. The fourth-order valence-electron chi connectivity index (χ4n) is 0.177. The Bertz CT molecular complexity index is 74.2. The minimum atomic E-state index is 0.486. The van der Waals surface area contributed by atoms with Crippen molar-refractivity contribution in [1.82, 2.24) is 0 Å². The van der Waals surface area contributed by atoms with Crippen LogP contribution >= 0.6 is 0 Å². The molecule has 39 valence electrons. The van der Waals surface area contributed by atoms with Crippen LogP contribution in [0.25, 0.3) is 0 Å². The Morgan fingerprint density at radius 2 is 2.29 bits per heavy atom. The van der Waals surface area contributed by atoms with Gasteiger partial charge in [-0.2, -0.15) is 0 Å². The summed E-state index contributed by atoms with van der Waals surface area (Å²) in [5, 5.41) is 0. The highest BCUT2D eigenvalue weighted by Gasteiger charge is 1.75. The molecule has 0 N–H and O–H groups in total. The molecule has 0 rings (SSSR count). The third-order valence-electron chi connectivity index (χ3n) is 0.405. The molecule has 1 nitrogen and oxygen atoms in total. The zero-order valence-corrected chi connectivity index (χ0v) is 4.31. The summed E-state index contributed by atoms with van der Waals surface area (Å²) in [7, 11) is 0. The Hall–Kier alpha value is -0.720. The van der Waals surface area contributed by atoms with E-state index in [1.165, 1.54) is 0 Å². The Labute approximate surface area is 44.3 Å². The Morgan fingerprint density at radius 3 is 2.43 bits per heavy atom. The van der Waals surface area contributed by atoms with E-state index in [4.69, 9.17) is 4.74 Å². The van der Waals surface area contributed by atoms with E-state index < -0.39 is 0 Å². The lowest BCUT2D eigenvalue weighted by Crippen LogP contribution is -1.83. The minimum Gasteiger partial charge on any atom is -0.495 e. The van der Waals surface area contributed by atoms with Crippen molar-refractivity contribution in [2.75, 3.05) is 6.61 Å². The third kappa shape index (κ3) is 5.28. The van der Waals surface area contributed by atoms with Gasteiger partial charge < -0.3 is 4.74 Å². The van der Waals surface area contributed by atoms with Gasteiger partial charge in [-0.25, -0.2) is 0 Å². The van der Waals surface area contributed by atoms with Gasteiger partial charge in [0.1, 0.15) is 6.61 Å². The summed E-state index contributed by atoms with van der Waals surface area (Å²) >= 11 is 0. The summed E-state index contributed by atoms with van der Waals surface area (Å²) in [5.74, 6) is 0.486. The molecule has 0 atom stereocenters. The number of hydrogen-bond acceptors (Lipinski definition) is 1. The van der Waals surface area contributed by atoms with E-state index in [2.05, 4.69) is 20.1 Å². The maximum absolute atomic E-state index is 4.77. The molecule has 0 aromatic heterocycles. The van der Waals surface area contributed by atoms with Crippen molar-refractivity contribution in [2.45, 2.75) is 0 Å². The van der Waals surface area contributed by atoms with Crippen molar-refractivity contribution in [1.29, 1.82) is 0 Å². The standard InChI is InChI=1S/C6H9O/c1-4-5-7-6(2)3/h4H,1-3,5H2. The van der Waals surface area contributed by atoms with E-state index in [-0.39, 0.29) is 0 Å². The lowest BCUT2D eigenvalue weighted by molar-refractivity contribution is 0.262. The van der Waals surface area contributed by atoms with Gasteiger partial charge in [0.15, 0.2) is 0 Å². The average molecular weight is 97.1 g/mol. The van der Waals surface area contributed by atoms with Crippen LogP contribution in [0.15, 0.2) is 25.0 Å². The first-order chi connectivity index (χ1) is 3.27. The van der Waals surface area contributed by atoms with Crippen LogP contribution in [0.2, 0.25) is 0 Å². The van der Waals surface area contributed by atoms with Gasteiger partial charge in [0.25, 0.3) is 0 Å². The van der Waals surface area contributed by atoms with E-state index in [9.17, 15) is 0 Å². The highest BCUT2D eigenvalue weighted by atomic mass is 16.5. The lowest BCUT2D eigenvalue weighted by Gasteiger charge is -1.96. The quantitative estimate of drug-likeness (QED) is 0.383. The second kappa shape index (κ2) is 3.47. The topological polar surface area (TPSA) is 9.23 Å². The van der Waals surface area contributed by atoms with Crippen molar-refractivity contribution < 1.29 is 4.74 Å². The Balaban J connectivity index is 2.97. The van der Waals surface area contributed by atoms with E-state index in [0.717, 1.165) is 0 Å². The van der Waals surface area contributed by atoms with Gasteiger partial charge in [-0.15, -0.1) is 0 Å². The van der Waals surface area contributed by atoms with Gasteiger partial charge in [0, 0.05) is 6.92 Å². The maximum atomic E-state index is 4.77. The van der Waals surface area contributed by atoms with Crippen LogP contribution in [-0.4, -0.2) is 6.61 Å². The highest BCUT2D eigenvalue weighted by molar-refractivity contribution is 4.86. The second-order valence-corrected chi connectivity index (χ2v) is 1.14. The number of rotatable bonds is 3. The van der Waals surface area contributed by atoms with Gasteiger partial charge in [-0.1, -0.05) is 19.2 Å². The third-order valence-corrected chi connectivity index (χ3v) is 0.405. The molecule has 0 aliphatic heterocycles. The van der Waals surface area contributed by atoms with Gasteiger partial charge >= 0.3 is 0 Å². The van der Waals surface area contributed by atoms with Crippen molar-refractivity contribution in [2.24, 2.45) is 0 Å². The first-order valence-electron chi connectivity index (χ1n) is 2.02. The fourth-order valence-corrected chi connectivity index (χ4v) is 0.177. The highest BCUT2D eigenvalue weighted by Crippen LogP contribution is 1.86. The molecule has 7 heavy (non-hydrogen) atoms. The van der Waals surface area contributed by atoms with Crippen molar-refractivity contribution in [3.63, 3.8) is 0 Å². The van der Waals surface area contributed by atoms with Crippen LogP contribution in [-0.2, 0) is 4.74 Å². The van der Waals surface area contributed by atoms with Gasteiger partial charge in [0.05, 0.1) is 5.76 Å². The molecule has 0 bridgehead atoms. The van der Waals surface area contributed by atoms with E-state index in [1.54, 1.807) is 6.08 Å². The molecule has 0 spiro atoms. The normalized spacial score (nSPS) is 7.57. The predicted molar refractivity (Wildman–Crippen MR) is 30.6 cm³/mol. The molecular weight excluding hydrogens is 88.1 g/mol. The summed E-state index contributed by atoms with van der Waals surface area (Å²) < 4.78 is 4.77. The van der Waals surface area contributed by atoms with Crippen molar-refractivity contribution in [3.05, 3.63) is 31.9 Å². The molecule has 0 saturated carbocycles. The van der Waals surface area contributed by atoms with Crippen LogP contribution in [0.5, 0.6) is 0 Å². The number of hydrogen-bond donors (Lipinski definition) is 0. The van der Waals surface area contributed by atoms with Crippen LogP contribution < -0.4 is 0 Å². The molecule has 0 heterocycles. The smallest absolute Gasteiger partial charge is 0.106 e. The summed E-state index contributed by atoms with van der Waals surface area (Å²) in [6.07, 6.45) is 1.65. The molecule has 0 amide bonds. The Kier molecular flexibility index (Phi) is 3.11. The molecule has 0 aromatic carbocycles. The van der Waals surface area contributed by atoms with Crippen LogP contribution in [0.4, 0.5) is 0 Å². The molecule has 1 heteroatoms. The van der Waals surface area contributed by atoms with Gasteiger partial charge in [-0.05, 0) is 0 Å². The lowest BCUT2D eigenvalue weighted by atomic mass is 10.6. The molecule has 0 aliphatic rings.